The molecule has 2 aromatic carbocycles. The number of benzene rings is 2. The quantitative estimate of drug-likeness (QED) is 0.171. The van der Waals surface area contributed by atoms with Crippen LogP contribution in [-0.4, -0.2) is 44.3 Å². The van der Waals surface area contributed by atoms with Crippen LogP contribution in [-0.2, 0) is 10.0 Å². The summed E-state index contributed by atoms with van der Waals surface area (Å²) in [7, 11) is -4.10. The number of nitrogens with one attached hydrogen (secondary N) is 1. The number of amides is 1. The van der Waals surface area contributed by atoms with Gasteiger partial charge in [-0.05, 0) is 50.3 Å². The monoisotopic (exact) mass is 682 g/mol. The number of halogens is 1. The van der Waals surface area contributed by atoms with Gasteiger partial charge < -0.3 is 16.8 Å². The lowest BCUT2D eigenvalue weighted by Gasteiger charge is -2.30. The fraction of sp³-hybridized carbons (Fsp3) is 0.206. The second-order valence-electron chi connectivity index (χ2n) is 11.8. The summed E-state index contributed by atoms with van der Waals surface area (Å²) in [6.45, 7) is 1.87. The number of carbonyl (C=O) groups is 1. The van der Waals surface area contributed by atoms with Gasteiger partial charge in [-0.2, -0.15) is 0 Å². The van der Waals surface area contributed by atoms with E-state index in [0.29, 0.717) is 28.6 Å². The summed E-state index contributed by atoms with van der Waals surface area (Å²) in [4.78, 5) is 31.0. The Morgan fingerprint density at radius 3 is 2.56 bits per heavy atom. The Morgan fingerprint density at radius 2 is 1.81 bits per heavy atom. The molecule has 0 spiro atoms. The molecule has 5 N–H and O–H groups in total. The largest absolute Gasteiger partial charge is 0.375 e. The zero-order chi connectivity index (χ0) is 33.6. The molecule has 1 saturated carbocycles. The minimum atomic E-state index is -4.10. The summed E-state index contributed by atoms with van der Waals surface area (Å²) in [6.07, 6.45) is 5.66. The number of nitrogens with two attached hydrogens (primary N) is 2. The number of pyridine rings is 1. The Labute approximate surface area is 280 Å². The first kappa shape index (κ1) is 31.4. The number of rotatable bonds is 8. The molecule has 1 aliphatic carbocycles. The summed E-state index contributed by atoms with van der Waals surface area (Å²) < 4.78 is 43.4. The Morgan fingerprint density at radius 1 is 1.04 bits per heavy atom. The first-order valence-electron chi connectivity index (χ1n) is 15.3. The van der Waals surface area contributed by atoms with Crippen molar-refractivity contribution in [1.82, 2.24) is 23.9 Å². The van der Waals surface area contributed by atoms with E-state index in [1.165, 1.54) is 35.7 Å². The molecule has 244 valence electrons. The maximum absolute atomic E-state index is 14.7. The van der Waals surface area contributed by atoms with Crippen molar-refractivity contribution in [2.24, 2.45) is 5.73 Å². The minimum Gasteiger partial charge on any atom is -0.375 e. The SMILES string of the molecule is Cc1ccc(S(=O)(=O)n2cc(-c3nc(N[C@@H]4CCC[C@H](c5sc(N)nc5C(N)=O)C4)cc(-c4ccccc4)n3)c3cc(F)cnc32)cc1. The molecular weight excluding hydrogens is 652 g/mol. The highest BCUT2D eigenvalue weighted by atomic mass is 32.2. The van der Waals surface area contributed by atoms with Gasteiger partial charge in [-0.15, -0.1) is 11.3 Å². The summed E-state index contributed by atoms with van der Waals surface area (Å²) in [5.74, 6) is -0.486. The fourth-order valence-corrected chi connectivity index (χ4v) is 8.52. The molecule has 14 heteroatoms. The highest BCUT2D eigenvalue weighted by Crippen LogP contribution is 2.40. The molecule has 4 heterocycles. The maximum Gasteiger partial charge on any atom is 0.269 e. The molecule has 1 amide bonds. The van der Waals surface area contributed by atoms with E-state index in [2.05, 4.69) is 15.3 Å². The van der Waals surface area contributed by atoms with Crippen LogP contribution in [0.25, 0.3) is 33.7 Å². The van der Waals surface area contributed by atoms with Crippen molar-refractivity contribution < 1.29 is 17.6 Å². The molecule has 11 nitrogen and oxygen atoms in total. The molecule has 4 aromatic heterocycles. The Kier molecular flexibility index (Phi) is 8.13. The Balaban J connectivity index is 1.31. The van der Waals surface area contributed by atoms with Gasteiger partial charge in [0.1, 0.15) is 17.3 Å². The number of hydrogen-bond donors (Lipinski definition) is 3. The van der Waals surface area contributed by atoms with Gasteiger partial charge in [-0.3, -0.25) is 4.79 Å². The second-order valence-corrected chi connectivity index (χ2v) is 14.7. The highest BCUT2D eigenvalue weighted by Gasteiger charge is 2.30. The molecule has 0 unspecified atom stereocenters. The molecule has 6 aromatic rings. The van der Waals surface area contributed by atoms with E-state index in [4.69, 9.17) is 21.4 Å². The average molecular weight is 683 g/mol. The lowest BCUT2D eigenvalue weighted by atomic mass is 9.84. The van der Waals surface area contributed by atoms with Crippen molar-refractivity contribution in [3.05, 3.63) is 101 Å². The topological polar surface area (TPSA) is 172 Å². The van der Waals surface area contributed by atoms with Gasteiger partial charge in [0.25, 0.3) is 15.9 Å². The van der Waals surface area contributed by atoms with Gasteiger partial charge >= 0.3 is 0 Å². The fourth-order valence-electron chi connectivity index (χ4n) is 6.21. The predicted molar refractivity (Wildman–Crippen MR) is 184 cm³/mol. The van der Waals surface area contributed by atoms with Gasteiger partial charge in [-0.25, -0.2) is 36.7 Å². The number of primary amides is 1. The summed E-state index contributed by atoms with van der Waals surface area (Å²) in [5.41, 5.74) is 14.4. The molecule has 0 aliphatic heterocycles. The Bertz CT molecular complexity index is 2270. The van der Waals surface area contributed by atoms with E-state index in [9.17, 15) is 17.6 Å². The van der Waals surface area contributed by atoms with Crippen LogP contribution in [0.15, 0.2) is 84.0 Å². The van der Waals surface area contributed by atoms with E-state index in [1.54, 1.807) is 12.1 Å². The van der Waals surface area contributed by atoms with Crippen LogP contribution in [0.4, 0.5) is 15.3 Å². The second kappa shape index (κ2) is 12.4. The number of aromatic nitrogens is 5. The molecule has 0 saturated heterocycles. The molecule has 1 aliphatic rings. The van der Waals surface area contributed by atoms with Crippen molar-refractivity contribution in [3.63, 3.8) is 0 Å². The van der Waals surface area contributed by atoms with Crippen LogP contribution in [0.3, 0.4) is 0 Å². The molecule has 7 rings (SSSR count). The van der Waals surface area contributed by atoms with Crippen molar-refractivity contribution in [1.29, 1.82) is 0 Å². The smallest absolute Gasteiger partial charge is 0.269 e. The number of aryl methyl sites for hydroxylation is 1. The van der Waals surface area contributed by atoms with Crippen LogP contribution >= 0.6 is 11.3 Å². The lowest BCUT2D eigenvalue weighted by molar-refractivity contribution is 0.0994. The molecule has 0 radical (unpaired) electrons. The van der Waals surface area contributed by atoms with Crippen molar-refractivity contribution in [2.45, 2.75) is 49.5 Å². The molecule has 2 atom stereocenters. The zero-order valence-corrected chi connectivity index (χ0v) is 27.4. The molecule has 1 fully saturated rings. The number of anilines is 2. The third-order valence-electron chi connectivity index (χ3n) is 8.49. The van der Waals surface area contributed by atoms with Crippen LogP contribution in [0.1, 0.15) is 52.5 Å². The van der Waals surface area contributed by atoms with Crippen molar-refractivity contribution >= 4 is 49.3 Å². The van der Waals surface area contributed by atoms with E-state index in [0.717, 1.165) is 45.4 Å². The normalized spacial score (nSPS) is 16.6. The third kappa shape index (κ3) is 6.00. The van der Waals surface area contributed by atoms with Crippen molar-refractivity contribution in [3.8, 4) is 22.6 Å². The first-order chi connectivity index (χ1) is 23.1. The number of nitrogen functional groups attached to an aromatic ring is 1. The summed E-state index contributed by atoms with van der Waals surface area (Å²) in [6, 6.07) is 19.1. The van der Waals surface area contributed by atoms with E-state index in [-0.39, 0.29) is 39.4 Å². The summed E-state index contributed by atoms with van der Waals surface area (Å²) >= 11 is 1.29. The van der Waals surface area contributed by atoms with Crippen LogP contribution in [0.2, 0.25) is 0 Å². The van der Waals surface area contributed by atoms with Gasteiger partial charge in [-0.1, -0.05) is 54.4 Å². The lowest BCUT2D eigenvalue weighted by Crippen LogP contribution is -2.27. The molecule has 0 bridgehead atoms. The predicted octanol–water partition coefficient (Wildman–Crippen LogP) is 6.12. The molecule has 48 heavy (non-hydrogen) atoms. The first-order valence-corrected chi connectivity index (χ1v) is 17.6. The third-order valence-corrected chi connectivity index (χ3v) is 11.2. The van der Waals surface area contributed by atoms with E-state index >= 15 is 0 Å². The van der Waals surface area contributed by atoms with Crippen LogP contribution in [0, 0.1) is 12.7 Å². The minimum absolute atomic E-state index is 0.0263. The van der Waals surface area contributed by atoms with Gasteiger partial charge in [0.05, 0.1) is 16.8 Å². The number of nitrogens with zero attached hydrogens (tertiary/aromatic N) is 5. The average Bonchev–Trinajstić information content (AvgIpc) is 3.67. The standard InChI is InChI=1S/C34H31FN8O3S2/c1-19-10-12-24(13-11-19)48(45,46)43-18-26(25-15-22(35)17-38-33(25)43)32-40-27(20-6-3-2-4-7-20)16-28(41-32)39-23-9-5-8-21(14-23)30-29(31(36)44)42-34(37)47-30/h2-4,6-7,10-13,15-18,21,23H,5,8-9,14H2,1H3,(H2,36,44)(H2,37,42)(H,39,40,41)/t21-,23+/m0/s1. The zero-order valence-electron chi connectivity index (χ0n) is 25.8. The number of hydrogen-bond acceptors (Lipinski definition) is 10. The van der Waals surface area contributed by atoms with Crippen LogP contribution in [0.5, 0.6) is 0 Å². The number of carbonyl (C=O) groups excluding carboxylic acids is 1. The van der Waals surface area contributed by atoms with Gasteiger partial charge in [0, 0.05) is 39.7 Å². The maximum atomic E-state index is 14.7. The van der Waals surface area contributed by atoms with Crippen molar-refractivity contribution in [2.75, 3.05) is 11.1 Å². The Hall–Kier alpha value is -5.21. The van der Waals surface area contributed by atoms with E-state index < -0.39 is 21.7 Å². The molecular formula is C34H31FN8O3S2. The van der Waals surface area contributed by atoms with Gasteiger partial charge in [0.15, 0.2) is 16.6 Å². The highest BCUT2D eigenvalue weighted by molar-refractivity contribution is 7.90. The van der Waals surface area contributed by atoms with E-state index in [1.807, 2.05) is 43.3 Å². The van der Waals surface area contributed by atoms with Crippen LogP contribution < -0.4 is 16.8 Å². The summed E-state index contributed by atoms with van der Waals surface area (Å²) in [5, 5.41) is 4.11. The number of fused-ring (bicyclic) bond motifs is 1. The number of thiazole rings is 1. The van der Waals surface area contributed by atoms with Gasteiger partial charge in [0.2, 0.25) is 0 Å².